The first kappa shape index (κ1) is 28.9. The number of carbonyl (C=O) groups is 2. The number of hydrogen-bond donors (Lipinski definition) is 4. The molecule has 0 aromatic heterocycles. The molecule has 0 saturated heterocycles. The lowest BCUT2D eigenvalue weighted by molar-refractivity contribution is -0.928. The van der Waals surface area contributed by atoms with E-state index >= 15 is 0 Å². The zero-order valence-corrected chi connectivity index (χ0v) is 15.4. The Balaban J connectivity index is -0.000000150. The molecule has 0 bridgehead atoms. The van der Waals surface area contributed by atoms with Crippen molar-refractivity contribution in [3.05, 3.63) is 0 Å². The molecule has 0 radical (unpaired) electrons. The molecule has 0 aliphatic rings. The van der Waals surface area contributed by atoms with E-state index < -0.39 is 12.1 Å². The molecular weight excluding hydrogens is 306 g/mol. The molecule has 0 aromatic rings. The molecule has 4 amide bonds. The number of quaternary nitrogens is 1. The Morgan fingerprint density at radius 3 is 0.864 bits per heavy atom. The van der Waals surface area contributed by atoms with Crippen LogP contribution in [0.4, 0.5) is 9.59 Å². The molecule has 7 nitrogen and oxygen atoms in total. The van der Waals surface area contributed by atoms with Crippen LogP contribution in [0.25, 0.3) is 0 Å². The lowest BCUT2D eigenvalue weighted by atomic mass is 10.2. The van der Waals surface area contributed by atoms with Gasteiger partial charge >= 0.3 is 12.1 Å². The smallest absolute Gasteiger partial charge is 0.309 e. The third-order valence-electron chi connectivity index (χ3n) is 2.79. The second-order valence-electron chi connectivity index (χ2n) is 5.04. The van der Waals surface area contributed by atoms with Gasteiger partial charge in [0.1, 0.15) is 0 Å². The van der Waals surface area contributed by atoms with E-state index in [0.29, 0.717) is 0 Å². The fraction of sp³-hybridized carbons (Fsp3) is 0.857. The van der Waals surface area contributed by atoms with Gasteiger partial charge in [-0.2, -0.15) is 0 Å². The van der Waals surface area contributed by atoms with Crippen LogP contribution in [0.2, 0.25) is 0 Å². The van der Waals surface area contributed by atoms with Crippen molar-refractivity contribution in [1.29, 1.82) is 0 Å². The highest BCUT2D eigenvalue weighted by Gasteiger charge is 2.22. The number of rotatable bonds is 8. The van der Waals surface area contributed by atoms with Gasteiger partial charge in [0.25, 0.3) is 0 Å². The number of hydrogen-bond acceptors (Lipinski definition) is 2. The average molecular weight is 342 g/mol. The molecule has 0 atom stereocenters. The van der Waals surface area contributed by atoms with Crippen LogP contribution in [0, 0.1) is 0 Å². The lowest BCUT2D eigenvalue weighted by Crippen LogP contribution is -3.00. The quantitative estimate of drug-likeness (QED) is 0.399. The number of halogens is 1. The zero-order valence-electron chi connectivity index (χ0n) is 14.6. The maximum absolute atomic E-state index is 9.00. The van der Waals surface area contributed by atoms with Gasteiger partial charge in [0.2, 0.25) is 0 Å². The molecule has 8 N–H and O–H groups in total. The minimum Gasteiger partial charge on any atom is -1.00 e. The van der Waals surface area contributed by atoms with E-state index in [1.165, 1.54) is 56.3 Å². The molecule has 0 fully saturated rings. The summed E-state index contributed by atoms with van der Waals surface area (Å²) in [6, 6.07) is -1.67. The Morgan fingerprint density at radius 1 is 0.636 bits per heavy atom. The van der Waals surface area contributed by atoms with Crippen LogP contribution in [0.5, 0.6) is 0 Å². The van der Waals surface area contributed by atoms with Gasteiger partial charge in [0.05, 0.1) is 26.2 Å². The third kappa shape index (κ3) is 27.2. The summed E-state index contributed by atoms with van der Waals surface area (Å²) in [6.45, 7) is 14.8. The Morgan fingerprint density at radius 2 is 0.773 bits per heavy atom. The lowest BCUT2D eigenvalue weighted by Gasteiger charge is -2.38. The Hall–Kier alpha value is -1.21. The summed E-state index contributed by atoms with van der Waals surface area (Å²) in [5.41, 5.74) is 17.0. The van der Waals surface area contributed by atoms with E-state index in [9.17, 15) is 0 Å². The van der Waals surface area contributed by atoms with E-state index in [4.69, 9.17) is 9.59 Å². The number of amides is 4. The second kappa shape index (κ2) is 19.8. The van der Waals surface area contributed by atoms with Crippen LogP contribution < -0.4 is 35.3 Å². The topological polar surface area (TPSA) is 138 Å². The third-order valence-corrected chi connectivity index (χ3v) is 2.79. The predicted molar refractivity (Wildman–Crippen MR) is 88.4 cm³/mol. The van der Waals surface area contributed by atoms with Crippen LogP contribution in [0.3, 0.4) is 0 Å². The summed E-state index contributed by atoms with van der Waals surface area (Å²) in [4.78, 5) is 18.0. The van der Waals surface area contributed by atoms with Crippen LogP contribution in [0.15, 0.2) is 0 Å². The summed E-state index contributed by atoms with van der Waals surface area (Å²) >= 11 is 0. The summed E-state index contributed by atoms with van der Waals surface area (Å²) < 4.78 is 1.38. The highest BCUT2D eigenvalue weighted by atomic mass is 35.5. The zero-order chi connectivity index (χ0) is 17.3. The average Bonchev–Trinajstić information content (AvgIpc) is 2.28. The first-order chi connectivity index (χ1) is 9.71. The minimum absolute atomic E-state index is 0. The number of nitrogens with zero attached hydrogens (tertiary/aromatic N) is 1. The van der Waals surface area contributed by atoms with E-state index in [-0.39, 0.29) is 12.4 Å². The fourth-order valence-corrected chi connectivity index (χ4v) is 2.57. The number of primary amides is 4. The van der Waals surface area contributed by atoms with Gasteiger partial charge in [-0.15, -0.1) is 0 Å². The van der Waals surface area contributed by atoms with Gasteiger partial charge < -0.3 is 39.8 Å². The van der Waals surface area contributed by atoms with Gasteiger partial charge in [-0.3, -0.25) is 0 Å². The summed E-state index contributed by atoms with van der Waals surface area (Å²) in [5.74, 6) is 0. The monoisotopic (exact) mass is 341 g/mol. The second-order valence-corrected chi connectivity index (χ2v) is 5.04. The Kier molecular flexibility index (Phi) is 26.0. The molecule has 0 rings (SSSR count). The van der Waals surface area contributed by atoms with Crippen LogP contribution >= 0.6 is 0 Å². The maximum atomic E-state index is 9.00. The van der Waals surface area contributed by atoms with E-state index in [1.807, 2.05) is 0 Å². The molecule has 136 valence electrons. The van der Waals surface area contributed by atoms with E-state index in [1.54, 1.807) is 0 Å². The van der Waals surface area contributed by atoms with Crippen LogP contribution in [0.1, 0.15) is 53.4 Å². The summed E-state index contributed by atoms with van der Waals surface area (Å²) in [7, 11) is 0. The fourth-order valence-electron chi connectivity index (χ4n) is 2.57. The molecule has 0 aliphatic carbocycles. The molecular formula is C14H36ClN5O2. The van der Waals surface area contributed by atoms with Crippen molar-refractivity contribution in [2.24, 2.45) is 22.9 Å². The molecule has 8 heteroatoms. The van der Waals surface area contributed by atoms with E-state index in [2.05, 4.69) is 50.6 Å². The predicted octanol–water partition coefficient (Wildman–Crippen LogP) is -1.51. The van der Waals surface area contributed by atoms with Crippen LogP contribution in [-0.4, -0.2) is 42.7 Å². The number of nitrogens with two attached hydrogens (primary N) is 4. The van der Waals surface area contributed by atoms with Crippen molar-refractivity contribution in [2.45, 2.75) is 53.4 Å². The van der Waals surface area contributed by atoms with Gasteiger partial charge in [-0.25, -0.2) is 9.59 Å². The standard InChI is InChI=1S/C12H28N.2CH4N2O.ClH/c1-5-9-13(10-6-2,11-7-3)12-8-4;2*2-1(3)4;/h5-12H2,1-4H3;2*(H4,2,3,4);1H/q+1;;;/p-1. The first-order valence-corrected chi connectivity index (χ1v) is 7.66. The Labute approximate surface area is 141 Å². The van der Waals surface area contributed by atoms with Gasteiger partial charge in [-0.1, -0.05) is 27.7 Å². The van der Waals surface area contributed by atoms with Crippen molar-refractivity contribution < 1.29 is 26.5 Å². The highest BCUT2D eigenvalue weighted by Crippen LogP contribution is 2.12. The van der Waals surface area contributed by atoms with Gasteiger partial charge in [0.15, 0.2) is 0 Å². The van der Waals surface area contributed by atoms with Crippen molar-refractivity contribution >= 4 is 12.1 Å². The molecule has 0 aromatic carbocycles. The summed E-state index contributed by atoms with van der Waals surface area (Å²) in [6.07, 6.45) is 5.33. The van der Waals surface area contributed by atoms with Crippen molar-refractivity contribution in [3.8, 4) is 0 Å². The number of urea groups is 2. The highest BCUT2D eigenvalue weighted by molar-refractivity contribution is 5.69. The van der Waals surface area contributed by atoms with Crippen molar-refractivity contribution in [1.82, 2.24) is 0 Å². The summed E-state index contributed by atoms with van der Waals surface area (Å²) in [5, 5.41) is 0. The largest absolute Gasteiger partial charge is 1.00 e. The minimum atomic E-state index is -0.833. The molecule has 0 saturated carbocycles. The Bertz CT molecular complexity index is 216. The van der Waals surface area contributed by atoms with E-state index in [0.717, 1.165) is 0 Å². The first-order valence-electron chi connectivity index (χ1n) is 7.66. The van der Waals surface area contributed by atoms with Gasteiger partial charge in [0, 0.05) is 0 Å². The SMILES string of the molecule is CCC[N+](CCC)(CCC)CCC.NC(N)=O.NC(N)=O.[Cl-]. The van der Waals surface area contributed by atoms with Crippen molar-refractivity contribution in [3.63, 3.8) is 0 Å². The molecule has 0 heterocycles. The van der Waals surface area contributed by atoms with Crippen LogP contribution in [-0.2, 0) is 0 Å². The maximum Gasteiger partial charge on any atom is 0.309 e. The molecule has 22 heavy (non-hydrogen) atoms. The number of carbonyl (C=O) groups excluding carboxylic acids is 2. The molecule has 0 aliphatic heterocycles. The molecule has 0 unspecified atom stereocenters. The normalized spacial score (nSPS) is 9.27. The van der Waals surface area contributed by atoms with Gasteiger partial charge in [-0.05, 0) is 25.7 Å². The molecule has 0 spiro atoms. The van der Waals surface area contributed by atoms with Crippen molar-refractivity contribution in [2.75, 3.05) is 26.2 Å².